The largest absolute Gasteiger partial charge is 0.493 e. The molecule has 0 aliphatic rings. The minimum atomic E-state index is -0.498. The number of aromatic nitrogens is 2. The van der Waals surface area contributed by atoms with Gasteiger partial charge in [-0.05, 0) is 18.2 Å². The van der Waals surface area contributed by atoms with E-state index in [1.165, 1.54) is 31.5 Å². The highest BCUT2D eigenvalue weighted by Crippen LogP contribution is 2.34. The molecular weight excluding hydrogens is 286 g/mol. The van der Waals surface area contributed by atoms with Gasteiger partial charge in [0, 0.05) is 6.07 Å². The molecule has 1 aromatic heterocycles. The molecule has 7 heteroatoms. The molecule has 0 atom stereocenters. The molecule has 22 heavy (non-hydrogen) atoms. The highest BCUT2D eigenvalue weighted by atomic mass is 16.6. The van der Waals surface area contributed by atoms with Crippen LogP contribution in [0.4, 0.5) is 5.69 Å². The molecule has 0 radical (unpaired) electrons. The lowest BCUT2D eigenvalue weighted by molar-refractivity contribution is -0.384. The van der Waals surface area contributed by atoms with Crippen LogP contribution in [0.25, 0.3) is 11.0 Å². The number of hydrogen-bond donors (Lipinski definition) is 0. The monoisotopic (exact) mass is 297 g/mol. The first-order valence-electron chi connectivity index (χ1n) is 6.39. The highest BCUT2D eigenvalue weighted by molar-refractivity contribution is 5.74. The van der Waals surface area contributed by atoms with Gasteiger partial charge in [-0.3, -0.25) is 10.1 Å². The van der Waals surface area contributed by atoms with Crippen LogP contribution in [-0.2, 0) is 0 Å². The molecule has 0 saturated heterocycles. The fourth-order valence-electron chi connectivity index (χ4n) is 1.96. The summed E-state index contributed by atoms with van der Waals surface area (Å²) in [6, 6.07) is 11.5. The first-order valence-corrected chi connectivity index (χ1v) is 6.39. The van der Waals surface area contributed by atoms with Gasteiger partial charge in [-0.25, -0.2) is 9.97 Å². The number of rotatable bonds is 4. The standard InChI is InChI=1S/C15H11N3O4/c1-21-14-8-10(18(19)20)6-7-13(14)22-15-9-16-11-4-2-3-5-12(11)17-15/h2-9H,1H3. The van der Waals surface area contributed by atoms with Gasteiger partial charge in [-0.1, -0.05) is 12.1 Å². The van der Waals surface area contributed by atoms with E-state index in [9.17, 15) is 10.1 Å². The summed E-state index contributed by atoms with van der Waals surface area (Å²) < 4.78 is 10.7. The summed E-state index contributed by atoms with van der Waals surface area (Å²) in [5.74, 6) is 0.868. The zero-order valence-corrected chi connectivity index (χ0v) is 11.6. The van der Waals surface area contributed by atoms with E-state index < -0.39 is 4.92 Å². The van der Waals surface area contributed by atoms with E-state index >= 15 is 0 Å². The molecule has 7 nitrogen and oxygen atoms in total. The SMILES string of the molecule is COc1cc([N+](=O)[O-])ccc1Oc1cnc2ccccc2n1. The smallest absolute Gasteiger partial charge is 0.273 e. The second-order valence-corrected chi connectivity index (χ2v) is 4.39. The van der Waals surface area contributed by atoms with E-state index in [0.29, 0.717) is 11.3 Å². The number of ether oxygens (including phenoxy) is 2. The van der Waals surface area contributed by atoms with Crippen molar-refractivity contribution in [3.05, 3.63) is 58.8 Å². The van der Waals surface area contributed by atoms with Crippen LogP contribution in [0.5, 0.6) is 17.4 Å². The van der Waals surface area contributed by atoms with Crippen LogP contribution in [-0.4, -0.2) is 22.0 Å². The molecule has 1 heterocycles. The Balaban J connectivity index is 1.95. The highest BCUT2D eigenvalue weighted by Gasteiger charge is 2.13. The van der Waals surface area contributed by atoms with Gasteiger partial charge in [0.05, 0.1) is 35.3 Å². The maximum atomic E-state index is 10.8. The maximum Gasteiger partial charge on any atom is 0.273 e. The van der Waals surface area contributed by atoms with E-state index in [2.05, 4.69) is 9.97 Å². The molecule has 0 unspecified atom stereocenters. The van der Waals surface area contributed by atoms with Crippen molar-refractivity contribution in [1.82, 2.24) is 9.97 Å². The number of para-hydroxylation sites is 2. The number of nitro groups is 1. The van der Waals surface area contributed by atoms with Gasteiger partial charge >= 0.3 is 0 Å². The number of hydrogen-bond acceptors (Lipinski definition) is 6. The summed E-state index contributed by atoms with van der Waals surface area (Å²) >= 11 is 0. The summed E-state index contributed by atoms with van der Waals surface area (Å²) in [5.41, 5.74) is 1.38. The second kappa shape index (κ2) is 5.65. The molecule has 3 rings (SSSR count). The summed E-state index contributed by atoms with van der Waals surface area (Å²) in [7, 11) is 1.41. The third-order valence-corrected chi connectivity index (χ3v) is 3.00. The fourth-order valence-corrected chi connectivity index (χ4v) is 1.96. The van der Waals surface area contributed by atoms with Crippen LogP contribution < -0.4 is 9.47 Å². The predicted molar refractivity (Wildman–Crippen MR) is 79.3 cm³/mol. The normalized spacial score (nSPS) is 10.4. The number of methoxy groups -OCH3 is 1. The quantitative estimate of drug-likeness (QED) is 0.542. The number of non-ortho nitro benzene ring substituents is 1. The molecule has 2 aromatic carbocycles. The van der Waals surface area contributed by atoms with E-state index in [1.807, 2.05) is 24.3 Å². The number of nitro benzene ring substituents is 1. The van der Waals surface area contributed by atoms with Crippen molar-refractivity contribution in [3.8, 4) is 17.4 Å². The van der Waals surface area contributed by atoms with Crippen molar-refractivity contribution >= 4 is 16.7 Å². The predicted octanol–water partition coefficient (Wildman–Crippen LogP) is 3.34. The molecule has 0 aliphatic heterocycles. The molecule has 0 fully saturated rings. The van der Waals surface area contributed by atoms with Crippen molar-refractivity contribution in [2.45, 2.75) is 0 Å². The molecule has 0 aliphatic carbocycles. The Morgan fingerprint density at radius 1 is 1.09 bits per heavy atom. The van der Waals surface area contributed by atoms with Crippen molar-refractivity contribution in [2.24, 2.45) is 0 Å². The van der Waals surface area contributed by atoms with Crippen LogP contribution in [0, 0.1) is 10.1 Å². The van der Waals surface area contributed by atoms with Crippen LogP contribution >= 0.6 is 0 Å². The minimum Gasteiger partial charge on any atom is -0.493 e. The van der Waals surface area contributed by atoms with Gasteiger partial charge in [0.2, 0.25) is 5.88 Å². The Hall–Kier alpha value is -3.22. The number of fused-ring (bicyclic) bond motifs is 1. The van der Waals surface area contributed by atoms with E-state index in [0.717, 1.165) is 5.52 Å². The van der Waals surface area contributed by atoms with Crippen LogP contribution in [0.1, 0.15) is 0 Å². The Morgan fingerprint density at radius 2 is 1.86 bits per heavy atom. The summed E-state index contributed by atoms with van der Waals surface area (Å²) in [5, 5.41) is 10.8. The summed E-state index contributed by atoms with van der Waals surface area (Å²) in [6.45, 7) is 0. The first-order chi connectivity index (χ1) is 10.7. The van der Waals surface area contributed by atoms with Gasteiger partial charge in [-0.15, -0.1) is 0 Å². The van der Waals surface area contributed by atoms with Gasteiger partial charge in [0.1, 0.15) is 0 Å². The summed E-state index contributed by atoms with van der Waals surface area (Å²) in [4.78, 5) is 18.8. The molecular formula is C15H11N3O4. The van der Waals surface area contributed by atoms with Crippen LogP contribution in [0.3, 0.4) is 0 Å². The molecule has 0 bridgehead atoms. The molecule has 0 saturated carbocycles. The van der Waals surface area contributed by atoms with E-state index in [4.69, 9.17) is 9.47 Å². The Labute approximate surface area is 125 Å². The zero-order chi connectivity index (χ0) is 15.5. The molecule has 0 amide bonds. The molecule has 3 aromatic rings. The Kier molecular flexibility index (Phi) is 3.53. The van der Waals surface area contributed by atoms with Crippen molar-refractivity contribution in [3.63, 3.8) is 0 Å². The van der Waals surface area contributed by atoms with Gasteiger partial charge in [-0.2, -0.15) is 0 Å². The van der Waals surface area contributed by atoms with Gasteiger partial charge in [0.25, 0.3) is 5.69 Å². The van der Waals surface area contributed by atoms with E-state index in [-0.39, 0.29) is 17.3 Å². The zero-order valence-electron chi connectivity index (χ0n) is 11.6. The lowest BCUT2D eigenvalue weighted by Crippen LogP contribution is -1.95. The topological polar surface area (TPSA) is 87.4 Å². The fraction of sp³-hybridized carbons (Fsp3) is 0.0667. The second-order valence-electron chi connectivity index (χ2n) is 4.39. The van der Waals surface area contributed by atoms with Crippen LogP contribution in [0.15, 0.2) is 48.7 Å². The van der Waals surface area contributed by atoms with Gasteiger partial charge in [0.15, 0.2) is 11.5 Å². The van der Waals surface area contributed by atoms with Crippen molar-refractivity contribution in [2.75, 3.05) is 7.11 Å². The molecule has 0 N–H and O–H groups in total. The lowest BCUT2D eigenvalue weighted by atomic mass is 10.3. The summed E-state index contributed by atoms with van der Waals surface area (Å²) in [6.07, 6.45) is 1.49. The van der Waals surface area contributed by atoms with Crippen molar-refractivity contribution < 1.29 is 14.4 Å². The Morgan fingerprint density at radius 3 is 2.59 bits per heavy atom. The van der Waals surface area contributed by atoms with Crippen LogP contribution in [0.2, 0.25) is 0 Å². The number of benzene rings is 2. The number of nitrogens with zero attached hydrogens (tertiary/aromatic N) is 3. The molecule has 110 valence electrons. The lowest BCUT2D eigenvalue weighted by Gasteiger charge is -2.09. The average molecular weight is 297 g/mol. The Bertz CT molecular complexity index is 851. The third-order valence-electron chi connectivity index (χ3n) is 3.00. The molecule has 0 spiro atoms. The van der Waals surface area contributed by atoms with E-state index in [1.54, 1.807) is 0 Å². The first kappa shape index (κ1) is 13.7. The van der Waals surface area contributed by atoms with Crippen molar-refractivity contribution in [1.29, 1.82) is 0 Å². The average Bonchev–Trinajstić information content (AvgIpc) is 2.55. The minimum absolute atomic E-state index is 0.0752. The third kappa shape index (κ3) is 2.64. The maximum absolute atomic E-state index is 10.8. The van der Waals surface area contributed by atoms with Gasteiger partial charge < -0.3 is 9.47 Å².